The van der Waals surface area contributed by atoms with Gasteiger partial charge in [-0.05, 0) is 12.0 Å². The van der Waals surface area contributed by atoms with E-state index in [-0.39, 0.29) is 17.4 Å². The molecule has 1 atom stereocenters. The monoisotopic (exact) mass is 286 g/mol. The van der Waals surface area contributed by atoms with Gasteiger partial charge in [-0.15, -0.1) is 0 Å². The standard InChI is InChI=1S/C15H14N2O4/c16-15-14(17(19)20)12(9-5-2-1-3-6-9)13-10(18)7-4-8-11(13)21-15/h1-3,5-6,12H,4,7-8,16H2/t12-/m0/s1. The third kappa shape index (κ3) is 2.18. The number of hydrogen-bond donors (Lipinski definition) is 1. The van der Waals surface area contributed by atoms with Gasteiger partial charge in [-0.2, -0.15) is 0 Å². The van der Waals surface area contributed by atoms with E-state index >= 15 is 0 Å². The third-order valence-electron chi connectivity index (χ3n) is 3.79. The Bertz CT molecular complexity index is 676. The van der Waals surface area contributed by atoms with E-state index in [1.165, 1.54) is 0 Å². The summed E-state index contributed by atoms with van der Waals surface area (Å²) >= 11 is 0. The third-order valence-corrected chi connectivity index (χ3v) is 3.79. The molecule has 0 aromatic heterocycles. The van der Waals surface area contributed by atoms with Crippen LogP contribution in [-0.4, -0.2) is 10.7 Å². The Hall–Kier alpha value is -2.63. The summed E-state index contributed by atoms with van der Waals surface area (Å²) in [5.74, 6) is -0.597. The average Bonchev–Trinajstić information content (AvgIpc) is 2.46. The van der Waals surface area contributed by atoms with Crippen LogP contribution in [0.25, 0.3) is 0 Å². The molecule has 0 fully saturated rings. The van der Waals surface area contributed by atoms with Gasteiger partial charge in [0.2, 0.25) is 0 Å². The summed E-state index contributed by atoms with van der Waals surface area (Å²) in [4.78, 5) is 23.1. The van der Waals surface area contributed by atoms with Crippen molar-refractivity contribution in [2.75, 3.05) is 0 Å². The van der Waals surface area contributed by atoms with Gasteiger partial charge in [0.1, 0.15) is 11.7 Å². The molecule has 0 unspecified atom stereocenters. The minimum absolute atomic E-state index is 0.100. The fraction of sp³-hybridized carbons (Fsp3) is 0.267. The lowest BCUT2D eigenvalue weighted by atomic mass is 9.80. The Morgan fingerprint density at radius 2 is 1.95 bits per heavy atom. The first-order valence-corrected chi connectivity index (χ1v) is 6.72. The number of carbonyl (C=O) groups excluding carboxylic acids is 1. The summed E-state index contributed by atoms with van der Waals surface area (Å²) in [5.41, 5.74) is 6.54. The van der Waals surface area contributed by atoms with Crippen LogP contribution in [0.1, 0.15) is 30.7 Å². The van der Waals surface area contributed by atoms with Crippen LogP contribution in [0.2, 0.25) is 0 Å². The molecule has 2 N–H and O–H groups in total. The molecule has 6 nitrogen and oxygen atoms in total. The van der Waals surface area contributed by atoms with Crippen LogP contribution in [0.5, 0.6) is 0 Å². The van der Waals surface area contributed by atoms with Gasteiger partial charge < -0.3 is 10.5 Å². The lowest BCUT2D eigenvalue weighted by Gasteiger charge is -2.29. The number of benzene rings is 1. The van der Waals surface area contributed by atoms with Gasteiger partial charge in [-0.3, -0.25) is 14.9 Å². The number of allylic oxidation sites excluding steroid dienone is 2. The van der Waals surface area contributed by atoms with Crippen LogP contribution in [0.4, 0.5) is 0 Å². The lowest BCUT2D eigenvalue weighted by Crippen LogP contribution is -2.30. The molecule has 0 bridgehead atoms. The SMILES string of the molecule is NC1=C([N+](=O)[O-])[C@@H](c2ccccc2)C2=C(CCCC2=O)O1. The molecule has 1 aromatic rings. The topological polar surface area (TPSA) is 95.5 Å². The summed E-state index contributed by atoms with van der Waals surface area (Å²) in [6.45, 7) is 0. The Labute approximate surface area is 121 Å². The van der Waals surface area contributed by atoms with Crippen molar-refractivity contribution in [1.29, 1.82) is 0 Å². The van der Waals surface area contributed by atoms with Gasteiger partial charge in [0.25, 0.3) is 5.88 Å². The lowest BCUT2D eigenvalue weighted by molar-refractivity contribution is -0.433. The van der Waals surface area contributed by atoms with Crippen molar-refractivity contribution in [3.8, 4) is 0 Å². The van der Waals surface area contributed by atoms with E-state index in [1.54, 1.807) is 24.3 Å². The Morgan fingerprint density at radius 1 is 1.24 bits per heavy atom. The second-order valence-electron chi connectivity index (χ2n) is 5.07. The fourth-order valence-electron chi connectivity index (χ4n) is 2.89. The van der Waals surface area contributed by atoms with Crippen LogP contribution >= 0.6 is 0 Å². The smallest absolute Gasteiger partial charge is 0.317 e. The van der Waals surface area contributed by atoms with Gasteiger partial charge in [-0.25, -0.2) is 0 Å². The first-order valence-electron chi connectivity index (χ1n) is 6.72. The van der Waals surface area contributed by atoms with E-state index in [1.807, 2.05) is 6.07 Å². The predicted molar refractivity (Wildman–Crippen MR) is 74.4 cm³/mol. The summed E-state index contributed by atoms with van der Waals surface area (Å²) in [6, 6.07) is 8.91. The molecule has 1 heterocycles. The van der Waals surface area contributed by atoms with Crippen LogP contribution in [0, 0.1) is 10.1 Å². The molecule has 6 heteroatoms. The summed E-state index contributed by atoms with van der Waals surface area (Å²) in [7, 11) is 0. The van der Waals surface area contributed by atoms with Crippen molar-refractivity contribution in [2.45, 2.75) is 25.2 Å². The maximum Gasteiger partial charge on any atom is 0.317 e. The van der Waals surface area contributed by atoms with Gasteiger partial charge in [0, 0.05) is 12.8 Å². The quantitative estimate of drug-likeness (QED) is 0.664. The minimum Gasteiger partial charge on any atom is -0.440 e. The summed E-state index contributed by atoms with van der Waals surface area (Å²) in [6.07, 6.45) is 1.65. The van der Waals surface area contributed by atoms with Gasteiger partial charge >= 0.3 is 5.70 Å². The number of nitro groups is 1. The van der Waals surface area contributed by atoms with Crippen LogP contribution in [0.15, 0.2) is 53.2 Å². The highest BCUT2D eigenvalue weighted by molar-refractivity contribution is 5.99. The van der Waals surface area contributed by atoms with Crippen molar-refractivity contribution in [3.63, 3.8) is 0 Å². The fourth-order valence-corrected chi connectivity index (χ4v) is 2.89. The summed E-state index contributed by atoms with van der Waals surface area (Å²) < 4.78 is 5.36. The van der Waals surface area contributed by atoms with Crippen molar-refractivity contribution >= 4 is 5.78 Å². The minimum atomic E-state index is -0.752. The number of ketones is 1. The molecule has 1 aliphatic heterocycles. The number of nitrogens with zero attached hydrogens (tertiary/aromatic N) is 1. The summed E-state index contributed by atoms with van der Waals surface area (Å²) in [5, 5.41) is 11.4. The molecular weight excluding hydrogens is 272 g/mol. The van der Waals surface area contributed by atoms with Crippen molar-refractivity contribution in [3.05, 3.63) is 68.9 Å². The number of rotatable bonds is 2. The number of hydrogen-bond acceptors (Lipinski definition) is 5. The largest absolute Gasteiger partial charge is 0.440 e. The second-order valence-corrected chi connectivity index (χ2v) is 5.07. The van der Waals surface area contributed by atoms with Gasteiger partial charge in [0.05, 0.1) is 10.5 Å². The van der Waals surface area contributed by atoms with E-state index in [0.29, 0.717) is 36.2 Å². The predicted octanol–water partition coefficient (Wildman–Crippen LogP) is 2.21. The molecule has 3 rings (SSSR count). The number of ether oxygens (including phenoxy) is 1. The highest BCUT2D eigenvalue weighted by atomic mass is 16.6. The van der Waals surface area contributed by atoms with E-state index in [4.69, 9.17) is 10.5 Å². The molecule has 0 saturated heterocycles. The molecule has 2 aliphatic rings. The molecule has 1 aromatic carbocycles. The van der Waals surface area contributed by atoms with Gasteiger partial charge in [-0.1, -0.05) is 30.3 Å². The van der Waals surface area contributed by atoms with Crippen molar-refractivity contribution in [2.24, 2.45) is 5.73 Å². The number of carbonyl (C=O) groups is 1. The first kappa shape index (κ1) is 13.4. The second kappa shape index (κ2) is 5.05. The maximum absolute atomic E-state index is 12.3. The molecule has 0 spiro atoms. The maximum atomic E-state index is 12.3. The zero-order valence-corrected chi connectivity index (χ0v) is 11.2. The Morgan fingerprint density at radius 3 is 2.62 bits per heavy atom. The molecule has 0 radical (unpaired) electrons. The van der Waals surface area contributed by atoms with E-state index in [9.17, 15) is 14.9 Å². The Balaban J connectivity index is 2.20. The zero-order chi connectivity index (χ0) is 15.0. The van der Waals surface area contributed by atoms with Gasteiger partial charge in [0.15, 0.2) is 5.78 Å². The van der Waals surface area contributed by atoms with Crippen LogP contribution in [-0.2, 0) is 9.53 Å². The van der Waals surface area contributed by atoms with Crippen molar-refractivity contribution in [1.82, 2.24) is 0 Å². The number of Topliss-reactive ketones (excluding diaryl/α,β-unsaturated/α-hetero) is 1. The zero-order valence-electron chi connectivity index (χ0n) is 11.2. The Kier molecular flexibility index (Phi) is 3.21. The number of nitrogens with two attached hydrogens (primary N) is 1. The molecule has 1 aliphatic carbocycles. The van der Waals surface area contributed by atoms with Crippen molar-refractivity contribution < 1.29 is 14.5 Å². The first-order chi connectivity index (χ1) is 10.1. The molecule has 108 valence electrons. The average molecular weight is 286 g/mol. The molecular formula is C15H14N2O4. The van der Waals surface area contributed by atoms with Crippen LogP contribution < -0.4 is 5.73 Å². The molecule has 0 amide bonds. The van der Waals surface area contributed by atoms with E-state index < -0.39 is 10.8 Å². The van der Waals surface area contributed by atoms with E-state index in [0.717, 1.165) is 0 Å². The normalized spacial score (nSPS) is 21.9. The molecule has 0 saturated carbocycles. The van der Waals surface area contributed by atoms with Crippen LogP contribution in [0.3, 0.4) is 0 Å². The highest BCUT2D eigenvalue weighted by Gasteiger charge is 2.43. The van der Waals surface area contributed by atoms with E-state index in [2.05, 4.69) is 0 Å². The molecule has 21 heavy (non-hydrogen) atoms. The highest BCUT2D eigenvalue weighted by Crippen LogP contribution is 2.43.